The highest BCUT2D eigenvalue weighted by molar-refractivity contribution is 7.89. The molecule has 0 bridgehead atoms. The zero-order valence-corrected chi connectivity index (χ0v) is 16.7. The second kappa shape index (κ2) is 8.05. The van der Waals surface area contributed by atoms with Crippen LogP contribution in [-0.2, 0) is 10.0 Å². The maximum absolute atomic E-state index is 12.9. The van der Waals surface area contributed by atoms with Gasteiger partial charge in [0, 0.05) is 32.2 Å². The van der Waals surface area contributed by atoms with Crippen LogP contribution in [0.4, 0.5) is 5.69 Å². The minimum atomic E-state index is -3.60. The van der Waals surface area contributed by atoms with Gasteiger partial charge in [-0.05, 0) is 31.2 Å². The maximum atomic E-state index is 12.9. The van der Waals surface area contributed by atoms with Crippen LogP contribution in [-0.4, -0.2) is 45.5 Å². The van der Waals surface area contributed by atoms with Crippen molar-refractivity contribution < 1.29 is 13.2 Å². The molecule has 1 saturated heterocycles. The first-order valence-electron chi connectivity index (χ1n) is 8.35. The summed E-state index contributed by atoms with van der Waals surface area (Å²) in [6.07, 6.45) is 0. The molecule has 0 N–H and O–H groups in total. The van der Waals surface area contributed by atoms with Crippen molar-refractivity contribution in [3.63, 3.8) is 0 Å². The summed E-state index contributed by atoms with van der Waals surface area (Å²) in [6, 6.07) is 12.1. The summed E-state index contributed by atoms with van der Waals surface area (Å²) in [5.74, 6) is 0.380. The van der Waals surface area contributed by atoms with E-state index in [1.807, 2.05) is 31.2 Å². The number of anilines is 1. The van der Waals surface area contributed by atoms with Crippen LogP contribution < -0.4 is 9.64 Å². The van der Waals surface area contributed by atoms with E-state index in [1.54, 1.807) is 6.07 Å². The topological polar surface area (TPSA) is 49.9 Å². The molecule has 140 valence electrons. The number of rotatable bonds is 5. The number of ether oxygens (including phenoxy) is 1. The van der Waals surface area contributed by atoms with Crippen LogP contribution in [0.1, 0.15) is 6.92 Å². The highest BCUT2D eigenvalue weighted by atomic mass is 35.5. The van der Waals surface area contributed by atoms with Crippen molar-refractivity contribution in [2.24, 2.45) is 0 Å². The molecule has 0 aromatic heterocycles. The molecule has 5 nitrogen and oxygen atoms in total. The van der Waals surface area contributed by atoms with Crippen LogP contribution in [0.15, 0.2) is 47.4 Å². The van der Waals surface area contributed by atoms with Crippen LogP contribution in [0.25, 0.3) is 0 Å². The zero-order valence-electron chi connectivity index (χ0n) is 14.4. The summed E-state index contributed by atoms with van der Waals surface area (Å²) in [4.78, 5) is 2.29. The third-order valence-electron chi connectivity index (χ3n) is 4.27. The van der Waals surface area contributed by atoms with Gasteiger partial charge in [0.25, 0.3) is 0 Å². The maximum Gasteiger partial charge on any atom is 0.243 e. The van der Waals surface area contributed by atoms with E-state index in [-0.39, 0.29) is 4.90 Å². The Labute approximate surface area is 164 Å². The lowest BCUT2D eigenvalue weighted by Gasteiger charge is -2.35. The van der Waals surface area contributed by atoms with Crippen molar-refractivity contribution in [2.45, 2.75) is 11.8 Å². The number of para-hydroxylation sites is 1. The Morgan fingerprint density at radius 2 is 1.69 bits per heavy atom. The molecule has 0 unspecified atom stereocenters. The Hall–Kier alpha value is -1.47. The molecule has 0 radical (unpaired) electrons. The molecule has 3 rings (SSSR count). The lowest BCUT2D eigenvalue weighted by molar-refractivity contribution is 0.339. The van der Waals surface area contributed by atoms with Crippen molar-refractivity contribution in [2.75, 3.05) is 37.7 Å². The molecule has 26 heavy (non-hydrogen) atoms. The van der Waals surface area contributed by atoms with Crippen LogP contribution in [0.3, 0.4) is 0 Å². The predicted molar refractivity (Wildman–Crippen MR) is 105 cm³/mol. The van der Waals surface area contributed by atoms with E-state index in [4.69, 9.17) is 27.9 Å². The Kier molecular flexibility index (Phi) is 5.97. The lowest BCUT2D eigenvalue weighted by atomic mass is 10.2. The van der Waals surface area contributed by atoms with E-state index in [2.05, 4.69) is 4.90 Å². The summed E-state index contributed by atoms with van der Waals surface area (Å²) in [5.41, 5.74) is 0.927. The molecule has 1 aliphatic rings. The predicted octanol–water partition coefficient (Wildman–Crippen LogP) is 3.90. The van der Waals surface area contributed by atoms with Crippen LogP contribution in [0.2, 0.25) is 10.0 Å². The largest absolute Gasteiger partial charge is 0.492 e. The van der Waals surface area contributed by atoms with Gasteiger partial charge in [-0.2, -0.15) is 4.31 Å². The first-order valence-corrected chi connectivity index (χ1v) is 10.5. The van der Waals surface area contributed by atoms with E-state index in [0.717, 1.165) is 5.69 Å². The second-order valence-electron chi connectivity index (χ2n) is 5.87. The van der Waals surface area contributed by atoms with Gasteiger partial charge in [-0.25, -0.2) is 8.42 Å². The molecule has 0 aliphatic carbocycles. The standard InChI is InChI=1S/C18H20Cl2N2O3S/c1-2-25-18-13-14(7-8-16(18)20)26(23,24)22-11-9-21(10-12-22)17-6-4-3-5-15(17)19/h3-8,13H,2,9-12H2,1H3. The number of halogens is 2. The monoisotopic (exact) mass is 414 g/mol. The third-order valence-corrected chi connectivity index (χ3v) is 6.80. The van der Waals surface area contributed by atoms with Crippen molar-refractivity contribution >= 4 is 38.9 Å². The molecule has 1 heterocycles. The number of sulfonamides is 1. The molecule has 0 amide bonds. The smallest absolute Gasteiger partial charge is 0.243 e. The first kappa shape index (κ1) is 19.3. The highest BCUT2D eigenvalue weighted by Gasteiger charge is 2.29. The Bertz CT molecular complexity index is 882. The number of hydrogen-bond donors (Lipinski definition) is 0. The third kappa shape index (κ3) is 3.93. The summed E-state index contributed by atoms with van der Waals surface area (Å²) in [6.45, 7) is 4.18. The molecule has 0 atom stereocenters. The molecule has 1 aliphatic heterocycles. The van der Waals surface area contributed by atoms with Gasteiger partial charge in [0.05, 0.1) is 27.2 Å². The lowest BCUT2D eigenvalue weighted by Crippen LogP contribution is -2.48. The molecular weight excluding hydrogens is 395 g/mol. The van der Waals surface area contributed by atoms with E-state index >= 15 is 0 Å². The van der Waals surface area contributed by atoms with Crippen molar-refractivity contribution in [3.8, 4) is 5.75 Å². The van der Waals surface area contributed by atoms with Crippen LogP contribution >= 0.6 is 23.2 Å². The normalized spacial score (nSPS) is 15.9. The molecule has 8 heteroatoms. The van der Waals surface area contributed by atoms with E-state index < -0.39 is 10.0 Å². The fourth-order valence-electron chi connectivity index (χ4n) is 2.94. The first-order chi connectivity index (χ1) is 12.4. The summed E-state index contributed by atoms with van der Waals surface area (Å²) >= 11 is 12.3. The molecule has 0 saturated carbocycles. The fourth-order valence-corrected chi connectivity index (χ4v) is 4.80. The highest BCUT2D eigenvalue weighted by Crippen LogP contribution is 2.30. The fraction of sp³-hybridized carbons (Fsp3) is 0.333. The van der Waals surface area contributed by atoms with Gasteiger partial charge >= 0.3 is 0 Å². The van der Waals surface area contributed by atoms with Gasteiger partial charge in [0.2, 0.25) is 10.0 Å². The van der Waals surface area contributed by atoms with Gasteiger partial charge in [0.1, 0.15) is 5.75 Å². The molecule has 1 fully saturated rings. The summed E-state index contributed by atoms with van der Waals surface area (Å²) in [7, 11) is -3.60. The van der Waals surface area contributed by atoms with Gasteiger partial charge < -0.3 is 9.64 Å². The quantitative estimate of drug-likeness (QED) is 0.743. The molecule has 2 aromatic carbocycles. The van der Waals surface area contributed by atoms with Crippen molar-refractivity contribution in [1.82, 2.24) is 4.31 Å². The van der Waals surface area contributed by atoms with Crippen LogP contribution in [0.5, 0.6) is 5.75 Å². The summed E-state index contributed by atoms with van der Waals surface area (Å²) in [5, 5.41) is 1.07. The Balaban J connectivity index is 1.76. The van der Waals surface area contributed by atoms with E-state index in [9.17, 15) is 8.42 Å². The molecular formula is C18H20Cl2N2O3S. The van der Waals surface area contributed by atoms with E-state index in [1.165, 1.54) is 16.4 Å². The number of hydrogen-bond acceptors (Lipinski definition) is 4. The van der Waals surface area contributed by atoms with Crippen molar-refractivity contribution in [3.05, 3.63) is 52.5 Å². The number of benzene rings is 2. The Morgan fingerprint density at radius 3 is 2.35 bits per heavy atom. The average molecular weight is 415 g/mol. The molecule has 0 spiro atoms. The number of nitrogens with zero attached hydrogens (tertiary/aromatic N) is 2. The van der Waals surface area contributed by atoms with Crippen LogP contribution in [0, 0.1) is 0 Å². The van der Waals surface area contributed by atoms with E-state index in [0.29, 0.717) is 48.6 Å². The molecule has 2 aromatic rings. The van der Waals surface area contributed by atoms with Gasteiger partial charge in [0.15, 0.2) is 0 Å². The van der Waals surface area contributed by atoms with Gasteiger partial charge in [-0.3, -0.25) is 0 Å². The van der Waals surface area contributed by atoms with Crippen molar-refractivity contribution in [1.29, 1.82) is 0 Å². The zero-order chi connectivity index (χ0) is 18.7. The SMILES string of the molecule is CCOc1cc(S(=O)(=O)N2CCN(c3ccccc3Cl)CC2)ccc1Cl. The minimum Gasteiger partial charge on any atom is -0.492 e. The minimum absolute atomic E-state index is 0.191. The average Bonchev–Trinajstić information content (AvgIpc) is 2.64. The second-order valence-corrected chi connectivity index (χ2v) is 8.62. The summed E-state index contributed by atoms with van der Waals surface area (Å²) < 4.78 is 32.8. The van der Waals surface area contributed by atoms with Gasteiger partial charge in [-0.15, -0.1) is 0 Å². The number of piperazine rings is 1. The van der Waals surface area contributed by atoms with Gasteiger partial charge in [-0.1, -0.05) is 35.3 Å². The Morgan fingerprint density at radius 1 is 1.00 bits per heavy atom.